The van der Waals surface area contributed by atoms with Crippen LogP contribution in [0.3, 0.4) is 0 Å². The van der Waals surface area contributed by atoms with E-state index in [1.54, 1.807) is 0 Å². The Morgan fingerprint density at radius 2 is 2.20 bits per heavy atom. The van der Waals surface area contributed by atoms with E-state index in [2.05, 4.69) is 44.5 Å². The standard InChI is InChI=1S/C10H13/c1-3-5-10-7-4-6-9(2)8-10/h3-4,6-8H,5H2,1-2H3. The van der Waals surface area contributed by atoms with Gasteiger partial charge in [0.25, 0.3) is 0 Å². The van der Waals surface area contributed by atoms with Gasteiger partial charge < -0.3 is 0 Å². The number of rotatable bonds is 2. The summed E-state index contributed by atoms with van der Waals surface area (Å²) >= 11 is 0. The van der Waals surface area contributed by atoms with E-state index in [0.717, 1.165) is 6.42 Å². The highest BCUT2D eigenvalue weighted by atomic mass is 13.9. The molecule has 0 spiro atoms. The minimum Gasteiger partial charge on any atom is -0.0619 e. The van der Waals surface area contributed by atoms with Gasteiger partial charge in [-0.15, -0.1) is 0 Å². The zero-order valence-electron chi connectivity index (χ0n) is 6.59. The van der Waals surface area contributed by atoms with E-state index >= 15 is 0 Å². The van der Waals surface area contributed by atoms with E-state index < -0.39 is 0 Å². The summed E-state index contributed by atoms with van der Waals surface area (Å²) in [6.45, 7) is 4.21. The predicted octanol–water partition coefficient (Wildman–Crippen LogP) is 2.76. The Morgan fingerprint density at radius 1 is 1.40 bits per heavy atom. The molecule has 10 heavy (non-hydrogen) atoms. The lowest BCUT2D eigenvalue weighted by molar-refractivity contribution is 1.13. The van der Waals surface area contributed by atoms with Gasteiger partial charge in [0, 0.05) is 0 Å². The third-order valence-electron chi connectivity index (χ3n) is 1.52. The van der Waals surface area contributed by atoms with Crippen LogP contribution in [0.2, 0.25) is 0 Å². The topological polar surface area (TPSA) is 0 Å². The highest BCUT2D eigenvalue weighted by Crippen LogP contribution is 2.05. The lowest BCUT2D eigenvalue weighted by atomic mass is 10.1. The monoisotopic (exact) mass is 133 g/mol. The summed E-state index contributed by atoms with van der Waals surface area (Å²) in [5.74, 6) is 0. The molecule has 0 saturated heterocycles. The van der Waals surface area contributed by atoms with E-state index in [4.69, 9.17) is 0 Å². The molecule has 0 heterocycles. The van der Waals surface area contributed by atoms with Gasteiger partial charge in [0.2, 0.25) is 0 Å². The van der Waals surface area contributed by atoms with Crippen molar-refractivity contribution in [3.8, 4) is 0 Å². The summed E-state index contributed by atoms with van der Waals surface area (Å²) in [7, 11) is 0. The molecule has 0 amide bonds. The van der Waals surface area contributed by atoms with Crippen LogP contribution in [0.5, 0.6) is 0 Å². The zero-order chi connectivity index (χ0) is 7.40. The second-order valence-corrected chi connectivity index (χ2v) is 2.60. The summed E-state index contributed by atoms with van der Waals surface area (Å²) < 4.78 is 0. The molecule has 0 saturated carbocycles. The predicted molar refractivity (Wildman–Crippen MR) is 44.9 cm³/mol. The molecule has 0 aliphatic carbocycles. The maximum atomic E-state index is 2.22. The highest BCUT2D eigenvalue weighted by molar-refractivity contribution is 5.22. The van der Waals surface area contributed by atoms with Crippen LogP contribution < -0.4 is 0 Å². The van der Waals surface area contributed by atoms with Gasteiger partial charge in [-0.1, -0.05) is 36.8 Å². The van der Waals surface area contributed by atoms with Gasteiger partial charge in [-0.3, -0.25) is 0 Å². The Balaban J connectivity index is 2.75. The number of hydrogen-bond donors (Lipinski definition) is 0. The van der Waals surface area contributed by atoms with E-state index in [0.29, 0.717) is 0 Å². The third kappa shape index (κ3) is 1.87. The molecule has 1 aromatic carbocycles. The maximum Gasteiger partial charge on any atom is -0.0250 e. The van der Waals surface area contributed by atoms with Crippen molar-refractivity contribution in [2.75, 3.05) is 0 Å². The smallest absolute Gasteiger partial charge is 0.0250 e. The minimum absolute atomic E-state index is 1.08. The fourth-order valence-corrected chi connectivity index (χ4v) is 1.07. The first-order valence-corrected chi connectivity index (χ1v) is 3.66. The first kappa shape index (κ1) is 7.33. The summed E-state index contributed by atoms with van der Waals surface area (Å²) in [6, 6.07) is 8.61. The number of benzene rings is 1. The Morgan fingerprint density at radius 3 is 2.80 bits per heavy atom. The van der Waals surface area contributed by atoms with Crippen LogP contribution >= 0.6 is 0 Å². The summed E-state index contributed by atoms with van der Waals surface area (Å²) in [5.41, 5.74) is 2.75. The van der Waals surface area contributed by atoms with Crippen molar-refractivity contribution in [1.82, 2.24) is 0 Å². The highest BCUT2D eigenvalue weighted by Gasteiger charge is 1.89. The molecule has 53 valence electrons. The summed E-state index contributed by atoms with van der Waals surface area (Å²) in [4.78, 5) is 0. The van der Waals surface area contributed by atoms with E-state index in [-0.39, 0.29) is 0 Å². The zero-order valence-corrected chi connectivity index (χ0v) is 6.59. The van der Waals surface area contributed by atoms with Crippen molar-refractivity contribution in [3.05, 3.63) is 41.8 Å². The molecule has 0 nitrogen and oxygen atoms in total. The molecule has 0 atom stereocenters. The Bertz CT molecular complexity index is 201. The average molecular weight is 133 g/mol. The van der Waals surface area contributed by atoms with Crippen LogP contribution in [0.25, 0.3) is 0 Å². The largest absolute Gasteiger partial charge is 0.0619 e. The van der Waals surface area contributed by atoms with Crippen LogP contribution in [-0.4, -0.2) is 0 Å². The van der Waals surface area contributed by atoms with Crippen LogP contribution in [-0.2, 0) is 6.42 Å². The maximum absolute atomic E-state index is 2.22. The third-order valence-corrected chi connectivity index (χ3v) is 1.52. The molecule has 0 bridgehead atoms. The van der Waals surface area contributed by atoms with Crippen molar-refractivity contribution >= 4 is 0 Å². The van der Waals surface area contributed by atoms with Crippen molar-refractivity contribution in [2.24, 2.45) is 0 Å². The first-order chi connectivity index (χ1) is 4.83. The number of aryl methyl sites for hydroxylation is 1. The fraction of sp³-hybridized carbons (Fsp3) is 0.300. The second kappa shape index (κ2) is 3.40. The molecule has 0 fully saturated rings. The van der Waals surface area contributed by atoms with Crippen LogP contribution in [0.15, 0.2) is 24.3 Å². The van der Waals surface area contributed by atoms with Crippen LogP contribution in [0, 0.1) is 13.3 Å². The minimum atomic E-state index is 1.08. The Kier molecular flexibility index (Phi) is 2.49. The lowest BCUT2D eigenvalue weighted by Gasteiger charge is -1.97. The molecular formula is C10H13. The van der Waals surface area contributed by atoms with Crippen LogP contribution in [0.1, 0.15) is 18.1 Å². The molecule has 0 N–H and O–H groups in total. The molecule has 0 heteroatoms. The molecule has 1 rings (SSSR count). The lowest BCUT2D eigenvalue weighted by Crippen LogP contribution is -1.83. The second-order valence-electron chi connectivity index (χ2n) is 2.60. The van der Waals surface area contributed by atoms with E-state index in [1.807, 2.05) is 0 Å². The van der Waals surface area contributed by atoms with Gasteiger partial charge in [-0.2, -0.15) is 0 Å². The van der Waals surface area contributed by atoms with Crippen LogP contribution in [0.4, 0.5) is 0 Å². The van der Waals surface area contributed by atoms with Gasteiger partial charge in [0.1, 0.15) is 0 Å². The molecule has 1 aromatic rings. The SMILES string of the molecule is C[CH]Cc1cccc(C)c1. The molecule has 0 aliphatic heterocycles. The van der Waals surface area contributed by atoms with Crippen molar-refractivity contribution < 1.29 is 0 Å². The van der Waals surface area contributed by atoms with E-state index in [9.17, 15) is 0 Å². The quantitative estimate of drug-likeness (QED) is 0.582. The summed E-state index contributed by atoms with van der Waals surface area (Å²) in [6.07, 6.45) is 3.26. The Hall–Kier alpha value is -0.780. The summed E-state index contributed by atoms with van der Waals surface area (Å²) in [5, 5.41) is 0. The van der Waals surface area contributed by atoms with Gasteiger partial charge in [0.05, 0.1) is 0 Å². The van der Waals surface area contributed by atoms with Crippen molar-refractivity contribution in [2.45, 2.75) is 20.3 Å². The number of hydrogen-bond acceptors (Lipinski definition) is 0. The molecular weight excluding hydrogens is 120 g/mol. The van der Waals surface area contributed by atoms with Gasteiger partial charge in [0.15, 0.2) is 0 Å². The molecule has 0 aliphatic rings. The fourth-order valence-electron chi connectivity index (χ4n) is 1.07. The van der Waals surface area contributed by atoms with Gasteiger partial charge >= 0.3 is 0 Å². The Labute approximate surface area is 62.9 Å². The first-order valence-electron chi connectivity index (χ1n) is 3.66. The van der Waals surface area contributed by atoms with Gasteiger partial charge in [-0.25, -0.2) is 0 Å². The van der Waals surface area contributed by atoms with Crippen molar-refractivity contribution in [3.63, 3.8) is 0 Å². The molecule has 1 radical (unpaired) electrons. The average Bonchev–Trinajstić information content (AvgIpc) is 1.88. The molecule has 0 unspecified atom stereocenters. The molecule has 0 aromatic heterocycles. The van der Waals surface area contributed by atoms with E-state index in [1.165, 1.54) is 11.1 Å². The normalized spacial score (nSPS) is 9.80. The van der Waals surface area contributed by atoms with Crippen molar-refractivity contribution in [1.29, 1.82) is 0 Å². The van der Waals surface area contributed by atoms with Gasteiger partial charge in [-0.05, 0) is 25.3 Å².